The smallest absolute Gasteiger partial charge is 0.191 e. The zero-order valence-electron chi connectivity index (χ0n) is 15.2. The summed E-state index contributed by atoms with van der Waals surface area (Å²) in [6, 6.07) is 8.95. The van der Waals surface area contributed by atoms with Gasteiger partial charge in [0.1, 0.15) is 5.75 Å². The van der Waals surface area contributed by atoms with Crippen LogP contribution in [0.15, 0.2) is 29.3 Å². The van der Waals surface area contributed by atoms with Crippen LogP contribution in [-0.4, -0.2) is 37.1 Å². The third-order valence-corrected chi connectivity index (χ3v) is 4.31. The van der Waals surface area contributed by atoms with Crippen molar-refractivity contribution in [2.45, 2.75) is 52.0 Å². The maximum Gasteiger partial charge on any atom is 0.191 e. The van der Waals surface area contributed by atoms with Gasteiger partial charge in [0.25, 0.3) is 0 Å². The molecule has 1 saturated carbocycles. The lowest BCUT2D eigenvalue weighted by Gasteiger charge is -2.25. The first-order valence-electron chi connectivity index (χ1n) is 8.55. The van der Waals surface area contributed by atoms with Gasteiger partial charge in [0, 0.05) is 18.5 Å². The van der Waals surface area contributed by atoms with Gasteiger partial charge in [0.05, 0.1) is 13.2 Å². The maximum absolute atomic E-state index is 6.09. The first-order chi connectivity index (χ1) is 10.8. The van der Waals surface area contributed by atoms with Gasteiger partial charge in [0.2, 0.25) is 0 Å². The number of benzene rings is 1. The number of hydrogen-bond acceptors (Lipinski definition) is 2. The van der Waals surface area contributed by atoms with E-state index in [0.29, 0.717) is 24.5 Å². The average molecular weight is 317 g/mol. The summed E-state index contributed by atoms with van der Waals surface area (Å²) in [5, 5.41) is 0. The molecule has 0 radical (unpaired) electrons. The van der Waals surface area contributed by atoms with E-state index in [9.17, 15) is 0 Å². The Morgan fingerprint density at radius 1 is 1.30 bits per heavy atom. The van der Waals surface area contributed by atoms with Crippen LogP contribution in [0.5, 0.6) is 5.75 Å². The number of ether oxygens (including phenoxy) is 1. The minimum absolute atomic E-state index is 0.0500. The topological polar surface area (TPSA) is 50.9 Å². The monoisotopic (exact) mass is 317 g/mol. The summed E-state index contributed by atoms with van der Waals surface area (Å²) < 4.78 is 5.74. The van der Waals surface area contributed by atoms with Crippen LogP contribution in [-0.2, 0) is 5.41 Å². The summed E-state index contributed by atoms with van der Waals surface area (Å²) in [6.07, 6.45) is 2.46. The van der Waals surface area contributed by atoms with Crippen LogP contribution in [0.1, 0.15) is 46.1 Å². The van der Waals surface area contributed by atoms with Crippen LogP contribution < -0.4 is 10.5 Å². The second-order valence-electron chi connectivity index (χ2n) is 7.63. The van der Waals surface area contributed by atoms with Crippen LogP contribution in [0.3, 0.4) is 0 Å². The normalized spacial score (nSPS) is 15.8. The molecule has 0 atom stereocenters. The van der Waals surface area contributed by atoms with Crippen LogP contribution >= 0.6 is 0 Å². The van der Waals surface area contributed by atoms with Gasteiger partial charge in [0.15, 0.2) is 5.96 Å². The third kappa shape index (κ3) is 5.15. The summed E-state index contributed by atoms with van der Waals surface area (Å²) >= 11 is 0. The predicted octanol–water partition coefficient (Wildman–Crippen LogP) is 3.41. The lowest BCUT2D eigenvalue weighted by molar-refractivity contribution is 0.271. The van der Waals surface area contributed by atoms with Gasteiger partial charge in [-0.25, -0.2) is 0 Å². The molecule has 1 aromatic carbocycles. The van der Waals surface area contributed by atoms with Gasteiger partial charge in [-0.2, -0.15) is 0 Å². The molecule has 1 aromatic rings. The maximum atomic E-state index is 6.09. The Bertz CT molecular complexity index is 530. The molecule has 4 heteroatoms. The van der Waals surface area contributed by atoms with Crippen molar-refractivity contribution in [3.05, 3.63) is 29.8 Å². The Labute approximate surface area is 140 Å². The fourth-order valence-electron chi connectivity index (χ4n) is 2.40. The molecule has 0 bridgehead atoms. The predicted molar refractivity (Wildman–Crippen MR) is 97.1 cm³/mol. The van der Waals surface area contributed by atoms with Crippen LogP contribution in [0.2, 0.25) is 0 Å². The van der Waals surface area contributed by atoms with E-state index in [1.807, 2.05) is 19.2 Å². The van der Waals surface area contributed by atoms with Crippen LogP contribution in [0.4, 0.5) is 0 Å². The van der Waals surface area contributed by atoms with Crippen LogP contribution in [0, 0.1) is 5.92 Å². The molecule has 1 aliphatic carbocycles. The summed E-state index contributed by atoms with van der Waals surface area (Å²) in [5.41, 5.74) is 7.29. The zero-order chi connectivity index (χ0) is 17.0. The average Bonchev–Trinajstić information content (AvgIpc) is 3.35. The Balaban J connectivity index is 1.96. The van der Waals surface area contributed by atoms with Crippen molar-refractivity contribution < 1.29 is 4.74 Å². The number of guanidine groups is 1. The van der Waals surface area contributed by atoms with E-state index in [1.54, 1.807) is 0 Å². The largest absolute Gasteiger partial charge is 0.493 e. The Kier molecular flexibility index (Phi) is 5.55. The first-order valence-corrected chi connectivity index (χ1v) is 8.55. The number of nitrogens with zero attached hydrogens (tertiary/aromatic N) is 2. The highest BCUT2D eigenvalue weighted by molar-refractivity contribution is 5.78. The number of nitrogens with two attached hydrogens (primary N) is 1. The van der Waals surface area contributed by atoms with E-state index in [1.165, 1.54) is 18.4 Å². The van der Waals surface area contributed by atoms with E-state index in [-0.39, 0.29) is 5.41 Å². The summed E-state index contributed by atoms with van der Waals surface area (Å²) in [7, 11) is 2.03. The highest BCUT2D eigenvalue weighted by Gasteiger charge is 2.28. The molecule has 23 heavy (non-hydrogen) atoms. The molecule has 0 heterocycles. The van der Waals surface area contributed by atoms with Gasteiger partial charge in [-0.15, -0.1) is 0 Å². The molecular formula is C19H31N3O. The Morgan fingerprint density at radius 2 is 1.91 bits per heavy atom. The van der Waals surface area contributed by atoms with Crippen molar-refractivity contribution >= 4 is 5.96 Å². The molecule has 0 aromatic heterocycles. The molecule has 1 aliphatic rings. The molecule has 0 spiro atoms. The van der Waals surface area contributed by atoms with E-state index in [4.69, 9.17) is 10.5 Å². The van der Waals surface area contributed by atoms with Gasteiger partial charge in [-0.1, -0.05) is 39.8 Å². The van der Waals surface area contributed by atoms with Crippen molar-refractivity contribution in [3.63, 3.8) is 0 Å². The fraction of sp³-hybridized carbons (Fsp3) is 0.632. The van der Waals surface area contributed by atoms with E-state index < -0.39 is 0 Å². The first kappa shape index (κ1) is 17.6. The van der Waals surface area contributed by atoms with Crippen molar-refractivity contribution in [1.29, 1.82) is 0 Å². The van der Waals surface area contributed by atoms with Gasteiger partial charge in [-0.05, 0) is 36.5 Å². The van der Waals surface area contributed by atoms with Crippen molar-refractivity contribution in [2.24, 2.45) is 16.6 Å². The lowest BCUT2D eigenvalue weighted by atomic mass is 9.85. The SMILES string of the molecule is CC(C)COc1ccc(C(C)(C)CN=C(N)N(C)C2CC2)cc1. The minimum Gasteiger partial charge on any atom is -0.493 e. The molecule has 2 rings (SSSR count). The minimum atomic E-state index is -0.0500. The van der Waals surface area contributed by atoms with Crippen molar-refractivity contribution in [2.75, 3.05) is 20.2 Å². The van der Waals surface area contributed by atoms with E-state index >= 15 is 0 Å². The zero-order valence-corrected chi connectivity index (χ0v) is 15.2. The summed E-state index contributed by atoms with van der Waals surface area (Å²) in [4.78, 5) is 6.70. The standard InChI is InChI=1S/C19H31N3O/c1-14(2)12-23-17-10-6-15(7-11-17)19(3,4)13-21-18(20)22(5)16-8-9-16/h6-7,10-11,14,16H,8-9,12-13H2,1-5H3,(H2,20,21). The van der Waals surface area contributed by atoms with Gasteiger partial charge >= 0.3 is 0 Å². The van der Waals surface area contributed by atoms with Gasteiger partial charge in [-0.3, -0.25) is 4.99 Å². The molecule has 4 nitrogen and oxygen atoms in total. The molecule has 128 valence electrons. The molecular weight excluding hydrogens is 286 g/mol. The quantitative estimate of drug-likeness (QED) is 0.619. The van der Waals surface area contributed by atoms with Crippen molar-refractivity contribution in [1.82, 2.24) is 4.90 Å². The Morgan fingerprint density at radius 3 is 2.43 bits per heavy atom. The second-order valence-corrected chi connectivity index (χ2v) is 7.63. The number of rotatable bonds is 7. The molecule has 2 N–H and O–H groups in total. The molecule has 1 fully saturated rings. The molecule has 0 aliphatic heterocycles. The van der Waals surface area contributed by atoms with Gasteiger partial charge < -0.3 is 15.4 Å². The van der Waals surface area contributed by atoms with Crippen LogP contribution in [0.25, 0.3) is 0 Å². The summed E-state index contributed by atoms with van der Waals surface area (Å²) in [6.45, 7) is 10.1. The molecule has 0 unspecified atom stereocenters. The third-order valence-electron chi connectivity index (χ3n) is 4.31. The number of aliphatic imine (C=N–C) groups is 1. The molecule has 0 saturated heterocycles. The van der Waals surface area contributed by atoms with E-state index in [0.717, 1.165) is 12.4 Å². The summed E-state index contributed by atoms with van der Waals surface area (Å²) in [5.74, 6) is 2.11. The fourth-order valence-corrected chi connectivity index (χ4v) is 2.40. The van der Waals surface area contributed by atoms with E-state index in [2.05, 4.69) is 49.7 Å². The Hall–Kier alpha value is -1.71. The highest BCUT2D eigenvalue weighted by atomic mass is 16.5. The lowest BCUT2D eigenvalue weighted by Crippen LogP contribution is -2.37. The highest BCUT2D eigenvalue weighted by Crippen LogP contribution is 2.27. The number of hydrogen-bond donors (Lipinski definition) is 1. The molecule has 0 amide bonds. The second kappa shape index (κ2) is 7.24. The van der Waals surface area contributed by atoms with Crippen molar-refractivity contribution in [3.8, 4) is 5.75 Å².